The summed E-state index contributed by atoms with van der Waals surface area (Å²) in [7, 11) is -8.20. The van der Waals surface area contributed by atoms with Crippen LogP contribution in [-0.2, 0) is 35.2 Å². The highest BCUT2D eigenvalue weighted by atomic mass is 32.2. The van der Waals surface area contributed by atoms with E-state index in [0.29, 0.717) is 0 Å². The molecule has 228 valence electrons. The summed E-state index contributed by atoms with van der Waals surface area (Å²) in [4.78, 5) is -0.0521. The van der Waals surface area contributed by atoms with Gasteiger partial charge in [0, 0.05) is 11.6 Å². The van der Waals surface area contributed by atoms with Crippen molar-refractivity contribution in [3.63, 3.8) is 0 Å². The Labute approximate surface area is 251 Å². The lowest BCUT2D eigenvalue weighted by Crippen LogP contribution is -2.15. The summed E-state index contributed by atoms with van der Waals surface area (Å²) >= 11 is 0. The Kier molecular flexibility index (Phi) is 10.7. The molecule has 0 bridgehead atoms. The lowest BCUT2D eigenvalue weighted by molar-refractivity contribution is 0.260. The van der Waals surface area contributed by atoms with Crippen molar-refractivity contribution in [3.8, 4) is 5.75 Å². The van der Waals surface area contributed by atoms with Crippen LogP contribution in [0.5, 0.6) is 5.75 Å². The van der Waals surface area contributed by atoms with Gasteiger partial charge in [0.05, 0.1) is 23.0 Å². The molecule has 4 rings (SSSR count). The molecule has 0 fully saturated rings. The van der Waals surface area contributed by atoms with E-state index in [0.717, 1.165) is 28.8 Å². The van der Waals surface area contributed by atoms with Gasteiger partial charge < -0.3 is 4.74 Å². The molecule has 0 aromatic heterocycles. The van der Waals surface area contributed by atoms with Crippen LogP contribution in [0.2, 0.25) is 0 Å². The Morgan fingerprint density at radius 3 is 1.60 bits per heavy atom. The predicted molar refractivity (Wildman–Crippen MR) is 158 cm³/mol. The number of hydrogen-bond acceptors (Lipinski definition) is 7. The Morgan fingerprint density at radius 2 is 1.12 bits per heavy atom. The Morgan fingerprint density at radius 1 is 0.651 bits per heavy atom. The van der Waals surface area contributed by atoms with Crippen molar-refractivity contribution in [1.29, 1.82) is 0 Å². The first kappa shape index (κ1) is 32.3. The van der Waals surface area contributed by atoms with Gasteiger partial charge in [0.1, 0.15) is 12.4 Å². The monoisotopic (exact) mass is 630 g/mol. The first-order valence-corrected chi connectivity index (χ1v) is 16.3. The fourth-order valence-corrected chi connectivity index (χ4v) is 6.17. The third-order valence-electron chi connectivity index (χ3n) is 6.76. The maximum absolute atomic E-state index is 14.5. The average molecular weight is 631 g/mol. The lowest BCUT2D eigenvalue weighted by atomic mass is 9.92. The third kappa shape index (κ3) is 8.93. The van der Waals surface area contributed by atoms with Crippen molar-refractivity contribution in [3.05, 3.63) is 125 Å². The Bertz CT molecular complexity index is 1640. The standard InChI is InChI=1S/C32H32F2O7S2/c1-23-8-12-27(13-9-23)42(35,36)40-18-16-26(17-19-41-43(37,38)28-14-10-24(2)11-15-28)29-20-30(33)31(34)21-32(29)39-22-25-6-4-3-5-7-25/h3-15,20-21,26H,16-19,22H2,1-2H3. The molecule has 43 heavy (non-hydrogen) atoms. The van der Waals surface area contributed by atoms with Crippen LogP contribution in [0, 0.1) is 25.5 Å². The summed E-state index contributed by atoms with van der Waals surface area (Å²) in [5.74, 6) is -2.94. The largest absolute Gasteiger partial charge is 0.489 e. The van der Waals surface area contributed by atoms with Gasteiger partial charge >= 0.3 is 0 Å². The number of aryl methyl sites for hydroxylation is 2. The molecule has 0 saturated heterocycles. The third-order valence-corrected chi connectivity index (χ3v) is 9.41. The van der Waals surface area contributed by atoms with Crippen LogP contribution in [-0.4, -0.2) is 30.0 Å². The van der Waals surface area contributed by atoms with E-state index in [9.17, 15) is 25.6 Å². The minimum absolute atomic E-state index is 0.00575. The minimum atomic E-state index is -4.10. The van der Waals surface area contributed by atoms with E-state index in [-0.39, 0.29) is 53.8 Å². The van der Waals surface area contributed by atoms with Crippen molar-refractivity contribution < 1.29 is 38.7 Å². The average Bonchev–Trinajstić information content (AvgIpc) is 2.97. The van der Waals surface area contributed by atoms with Crippen molar-refractivity contribution >= 4 is 20.2 Å². The summed E-state index contributed by atoms with van der Waals surface area (Å²) in [6.07, 6.45) is 0.0115. The molecule has 0 unspecified atom stereocenters. The fraction of sp³-hybridized carbons (Fsp3) is 0.250. The zero-order valence-electron chi connectivity index (χ0n) is 23.7. The van der Waals surface area contributed by atoms with E-state index in [2.05, 4.69) is 0 Å². The van der Waals surface area contributed by atoms with Crippen LogP contribution >= 0.6 is 0 Å². The molecule has 0 N–H and O–H groups in total. The molecule has 7 nitrogen and oxygen atoms in total. The van der Waals surface area contributed by atoms with Crippen molar-refractivity contribution in [2.75, 3.05) is 13.2 Å². The van der Waals surface area contributed by atoms with Crippen molar-refractivity contribution in [2.24, 2.45) is 0 Å². The molecule has 0 amide bonds. The highest BCUT2D eigenvalue weighted by Gasteiger charge is 2.24. The summed E-state index contributed by atoms with van der Waals surface area (Å²) in [5.41, 5.74) is 2.76. The molecule has 0 heterocycles. The summed E-state index contributed by atoms with van der Waals surface area (Å²) in [6, 6.07) is 23.2. The van der Waals surface area contributed by atoms with E-state index in [1.807, 2.05) is 44.2 Å². The van der Waals surface area contributed by atoms with E-state index >= 15 is 0 Å². The van der Waals surface area contributed by atoms with Crippen LogP contribution < -0.4 is 4.74 Å². The van der Waals surface area contributed by atoms with Crippen LogP contribution in [0.4, 0.5) is 8.78 Å². The lowest BCUT2D eigenvalue weighted by Gasteiger charge is -2.21. The fourth-order valence-electron chi connectivity index (χ4n) is 4.32. The normalized spacial score (nSPS) is 12.0. The molecular formula is C32H32F2O7S2. The molecule has 4 aromatic rings. The molecule has 0 atom stereocenters. The molecule has 0 saturated carbocycles. The van der Waals surface area contributed by atoms with E-state index < -0.39 is 37.8 Å². The topological polar surface area (TPSA) is 96.0 Å². The van der Waals surface area contributed by atoms with Crippen LogP contribution in [0.25, 0.3) is 0 Å². The van der Waals surface area contributed by atoms with E-state index in [1.54, 1.807) is 24.3 Å². The first-order valence-electron chi connectivity index (χ1n) is 13.5. The van der Waals surface area contributed by atoms with Gasteiger partial charge in [-0.25, -0.2) is 8.78 Å². The van der Waals surface area contributed by atoms with E-state index in [1.165, 1.54) is 24.3 Å². The highest BCUT2D eigenvalue weighted by molar-refractivity contribution is 7.87. The van der Waals surface area contributed by atoms with Gasteiger partial charge in [-0.2, -0.15) is 16.8 Å². The van der Waals surface area contributed by atoms with Gasteiger partial charge in [-0.3, -0.25) is 8.37 Å². The van der Waals surface area contributed by atoms with Gasteiger partial charge in [-0.05, 0) is 68.5 Å². The number of halogens is 2. The molecule has 0 aliphatic heterocycles. The second-order valence-corrected chi connectivity index (χ2v) is 13.3. The second kappa shape index (κ2) is 14.2. The van der Waals surface area contributed by atoms with Gasteiger partial charge in [-0.1, -0.05) is 65.7 Å². The molecular weight excluding hydrogens is 598 g/mol. The van der Waals surface area contributed by atoms with Gasteiger partial charge in [0.25, 0.3) is 20.2 Å². The number of hydrogen-bond donors (Lipinski definition) is 0. The molecule has 11 heteroatoms. The molecule has 0 radical (unpaired) electrons. The van der Waals surface area contributed by atoms with Crippen LogP contribution in [0.3, 0.4) is 0 Å². The van der Waals surface area contributed by atoms with Gasteiger partial charge in [0.15, 0.2) is 11.6 Å². The Balaban J connectivity index is 1.56. The predicted octanol–water partition coefficient (Wildman–Crippen LogP) is 6.84. The highest BCUT2D eigenvalue weighted by Crippen LogP contribution is 2.35. The van der Waals surface area contributed by atoms with Crippen LogP contribution in [0.1, 0.15) is 41.0 Å². The van der Waals surface area contributed by atoms with Crippen molar-refractivity contribution in [2.45, 2.75) is 49.0 Å². The molecule has 4 aromatic carbocycles. The molecule has 0 spiro atoms. The van der Waals surface area contributed by atoms with E-state index in [4.69, 9.17) is 13.1 Å². The Hall–Kier alpha value is -3.64. The van der Waals surface area contributed by atoms with Crippen molar-refractivity contribution in [1.82, 2.24) is 0 Å². The minimum Gasteiger partial charge on any atom is -0.489 e. The van der Waals surface area contributed by atoms with Gasteiger partial charge in [0.2, 0.25) is 0 Å². The number of ether oxygens (including phenoxy) is 1. The second-order valence-electron chi connectivity index (χ2n) is 10.0. The maximum Gasteiger partial charge on any atom is 0.296 e. The zero-order chi connectivity index (χ0) is 31.0. The van der Waals surface area contributed by atoms with Crippen LogP contribution in [0.15, 0.2) is 101 Å². The summed E-state index contributed by atoms with van der Waals surface area (Å²) in [5, 5.41) is 0. The first-order chi connectivity index (χ1) is 20.4. The molecule has 0 aliphatic carbocycles. The van der Waals surface area contributed by atoms with Gasteiger partial charge in [-0.15, -0.1) is 0 Å². The summed E-state index contributed by atoms with van der Waals surface area (Å²) < 4.78 is 96.3. The quantitative estimate of drug-likeness (QED) is 0.141. The number of benzene rings is 4. The smallest absolute Gasteiger partial charge is 0.296 e. The number of rotatable bonds is 14. The maximum atomic E-state index is 14.5. The zero-order valence-corrected chi connectivity index (χ0v) is 25.3. The molecule has 0 aliphatic rings. The summed E-state index contributed by atoms with van der Waals surface area (Å²) in [6.45, 7) is 3.07. The SMILES string of the molecule is Cc1ccc(S(=O)(=O)OCCC(CCOS(=O)(=O)c2ccc(C)cc2)c2cc(F)c(F)cc2OCc2ccccc2)cc1.